The molecule has 0 saturated heterocycles. The Labute approximate surface area is 203 Å². The van der Waals surface area contributed by atoms with E-state index in [1.54, 1.807) is 36.4 Å². The van der Waals surface area contributed by atoms with Gasteiger partial charge in [-0.1, -0.05) is 64.7 Å². The molecule has 0 atom stereocenters. The molecule has 0 aliphatic carbocycles. The number of carbonyl (C=O) groups excluding carboxylic acids is 1. The van der Waals surface area contributed by atoms with E-state index in [1.165, 1.54) is 13.2 Å². The second-order valence-corrected chi connectivity index (χ2v) is 8.24. The minimum absolute atomic E-state index is 0.114. The molecule has 0 bridgehead atoms. The second kappa shape index (κ2) is 10.9. The third-order valence-corrected chi connectivity index (χ3v) is 5.32. The Kier molecular flexibility index (Phi) is 8.00. The van der Waals surface area contributed by atoms with Gasteiger partial charge in [0.05, 0.1) is 22.8 Å². The van der Waals surface area contributed by atoms with Crippen LogP contribution in [0.4, 0.5) is 5.69 Å². The predicted molar refractivity (Wildman–Crippen MR) is 132 cm³/mol. The number of carbonyl (C=O) groups is 1. The first-order valence-electron chi connectivity index (χ1n) is 10.1. The Morgan fingerprint density at radius 2 is 1.76 bits per heavy atom. The van der Waals surface area contributed by atoms with E-state index in [9.17, 15) is 10.1 Å². The molecule has 33 heavy (non-hydrogen) atoms. The molecule has 0 radical (unpaired) electrons. The standard InChI is InChI=1S/C26H22Cl2N2O3/c1-16-8-17(2)10-19(9-16)15-33-25-22(28)12-18(13-24(25)32-3)11-20(14-29)26(31)30-23-7-5-4-6-21(23)27/h4-13H,15H2,1-3H3,(H,30,31)/b20-11+. The summed E-state index contributed by atoms with van der Waals surface area (Å²) < 4.78 is 11.4. The quantitative estimate of drug-likeness (QED) is 0.300. The van der Waals surface area contributed by atoms with Gasteiger partial charge >= 0.3 is 0 Å². The van der Waals surface area contributed by atoms with Crippen molar-refractivity contribution in [2.75, 3.05) is 12.4 Å². The average molecular weight is 481 g/mol. The molecule has 5 nitrogen and oxygen atoms in total. The van der Waals surface area contributed by atoms with E-state index in [0.717, 1.165) is 16.7 Å². The van der Waals surface area contributed by atoms with Crippen molar-refractivity contribution in [3.8, 4) is 17.6 Å². The first-order valence-corrected chi connectivity index (χ1v) is 10.8. The number of halogens is 2. The number of ether oxygens (including phenoxy) is 2. The molecule has 0 heterocycles. The van der Waals surface area contributed by atoms with Crippen LogP contribution >= 0.6 is 23.2 Å². The fraction of sp³-hybridized carbons (Fsp3) is 0.154. The van der Waals surface area contributed by atoms with Gasteiger partial charge in [-0.25, -0.2) is 0 Å². The molecule has 3 aromatic carbocycles. The summed E-state index contributed by atoms with van der Waals surface area (Å²) in [5.74, 6) is 0.187. The molecule has 1 N–H and O–H groups in total. The van der Waals surface area contributed by atoms with Gasteiger partial charge < -0.3 is 14.8 Å². The van der Waals surface area contributed by atoms with Gasteiger partial charge in [0.1, 0.15) is 18.2 Å². The monoisotopic (exact) mass is 480 g/mol. The number of methoxy groups -OCH3 is 1. The van der Waals surface area contributed by atoms with Crippen molar-refractivity contribution in [3.05, 3.63) is 92.5 Å². The van der Waals surface area contributed by atoms with Crippen LogP contribution in [0.15, 0.2) is 60.2 Å². The first kappa shape index (κ1) is 24.2. The number of hydrogen-bond donors (Lipinski definition) is 1. The summed E-state index contributed by atoms with van der Waals surface area (Å²) >= 11 is 12.5. The number of rotatable bonds is 7. The normalized spacial score (nSPS) is 11.0. The lowest BCUT2D eigenvalue weighted by atomic mass is 10.1. The second-order valence-electron chi connectivity index (χ2n) is 7.42. The van der Waals surface area contributed by atoms with E-state index in [4.69, 9.17) is 32.7 Å². The van der Waals surface area contributed by atoms with Gasteiger partial charge in [0.2, 0.25) is 0 Å². The maximum atomic E-state index is 12.6. The lowest BCUT2D eigenvalue weighted by Crippen LogP contribution is -2.13. The summed E-state index contributed by atoms with van der Waals surface area (Å²) in [5, 5.41) is 12.8. The van der Waals surface area contributed by atoms with Crippen molar-refractivity contribution in [1.82, 2.24) is 0 Å². The predicted octanol–water partition coefficient (Wildman–Crippen LogP) is 6.74. The molecule has 3 rings (SSSR count). The van der Waals surface area contributed by atoms with Crippen LogP contribution in [0, 0.1) is 25.2 Å². The highest BCUT2D eigenvalue weighted by Gasteiger charge is 2.15. The molecule has 3 aromatic rings. The number of nitriles is 1. The van der Waals surface area contributed by atoms with E-state index in [1.807, 2.05) is 32.0 Å². The fourth-order valence-corrected chi connectivity index (χ4v) is 3.80. The van der Waals surface area contributed by atoms with Gasteiger partial charge in [-0.2, -0.15) is 5.26 Å². The smallest absolute Gasteiger partial charge is 0.266 e. The highest BCUT2D eigenvalue weighted by molar-refractivity contribution is 6.34. The molecule has 0 saturated carbocycles. The number of amides is 1. The molecule has 0 fully saturated rings. The summed E-state index contributed by atoms with van der Waals surface area (Å²) in [5.41, 5.74) is 4.12. The highest BCUT2D eigenvalue weighted by Crippen LogP contribution is 2.37. The topological polar surface area (TPSA) is 71.3 Å². The lowest BCUT2D eigenvalue weighted by molar-refractivity contribution is -0.112. The number of nitrogens with zero attached hydrogens (tertiary/aromatic N) is 1. The molecule has 1 amide bonds. The Morgan fingerprint density at radius 1 is 1.06 bits per heavy atom. The summed E-state index contributed by atoms with van der Waals surface area (Å²) in [7, 11) is 1.50. The molecule has 168 valence electrons. The first-order chi connectivity index (χ1) is 15.8. The average Bonchev–Trinajstić information content (AvgIpc) is 2.77. The fourth-order valence-electron chi connectivity index (χ4n) is 3.34. The van der Waals surface area contributed by atoms with Crippen LogP contribution in [0.2, 0.25) is 10.0 Å². The SMILES string of the molecule is COc1cc(/C=C(\C#N)C(=O)Nc2ccccc2Cl)cc(Cl)c1OCc1cc(C)cc(C)c1. The van der Waals surface area contributed by atoms with Crippen molar-refractivity contribution >= 4 is 40.9 Å². The molecule has 0 unspecified atom stereocenters. The van der Waals surface area contributed by atoms with Crippen LogP contribution in [0.1, 0.15) is 22.3 Å². The van der Waals surface area contributed by atoms with Gasteiger partial charge in [0.15, 0.2) is 11.5 Å². The van der Waals surface area contributed by atoms with Crippen LogP contribution in [0.5, 0.6) is 11.5 Å². The molecular formula is C26H22Cl2N2O3. The van der Waals surface area contributed by atoms with Gasteiger partial charge in [-0.05, 0) is 55.3 Å². The number of nitrogens with one attached hydrogen (secondary N) is 1. The molecule has 0 spiro atoms. The zero-order chi connectivity index (χ0) is 24.0. The van der Waals surface area contributed by atoms with Crippen molar-refractivity contribution in [2.24, 2.45) is 0 Å². The Bertz CT molecular complexity index is 1240. The van der Waals surface area contributed by atoms with E-state index >= 15 is 0 Å². The number of aryl methyl sites for hydroxylation is 2. The van der Waals surface area contributed by atoms with Gasteiger partial charge in [0, 0.05) is 0 Å². The zero-order valence-corrected chi connectivity index (χ0v) is 19.9. The summed E-state index contributed by atoms with van der Waals surface area (Å²) in [6.07, 6.45) is 1.42. The van der Waals surface area contributed by atoms with Crippen LogP contribution in [0.3, 0.4) is 0 Å². The van der Waals surface area contributed by atoms with E-state index in [2.05, 4.69) is 11.4 Å². The van der Waals surface area contributed by atoms with Crippen molar-refractivity contribution < 1.29 is 14.3 Å². The molecule has 0 aliphatic heterocycles. The van der Waals surface area contributed by atoms with E-state index in [0.29, 0.717) is 39.4 Å². The van der Waals surface area contributed by atoms with E-state index < -0.39 is 5.91 Å². The Hall–Kier alpha value is -3.46. The molecule has 0 aliphatic rings. The summed E-state index contributed by atoms with van der Waals surface area (Å²) in [6, 6.07) is 18.1. The van der Waals surface area contributed by atoms with Crippen molar-refractivity contribution in [3.63, 3.8) is 0 Å². The third-order valence-electron chi connectivity index (χ3n) is 4.71. The largest absolute Gasteiger partial charge is 0.493 e. The molecular weight excluding hydrogens is 459 g/mol. The van der Waals surface area contributed by atoms with Crippen LogP contribution in [-0.2, 0) is 11.4 Å². The lowest BCUT2D eigenvalue weighted by Gasteiger charge is -2.14. The van der Waals surface area contributed by atoms with Gasteiger partial charge in [-0.15, -0.1) is 0 Å². The minimum Gasteiger partial charge on any atom is -0.493 e. The van der Waals surface area contributed by atoms with Crippen LogP contribution < -0.4 is 14.8 Å². The Balaban J connectivity index is 1.84. The maximum Gasteiger partial charge on any atom is 0.266 e. The highest BCUT2D eigenvalue weighted by atomic mass is 35.5. The minimum atomic E-state index is -0.587. The maximum absolute atomic E-state index is 12.6. The van der Waals surface area contributed by atoms with Crippen LogP contribution in [0.25, 0.3) is 6.08 Å². The zero-order valence-electron chi connectivity index (χ0n) is 18.4. The van der Waals surface area contributed by atoms with E-state index in [-0.39, 0.29) is 5.57 Å². The van der Waals surface area contributed by atoms with Crippen LogP contribution in [-0.4, -0.2) is 13.0 Å². The number of benzene rings is 3. The number of anilines is 1. The van der Waals surface area contributed by atoms with Gasteiger partial charge in [-0.3, -0.25) is 4.79 Å². The van der Waals surface area contributed by atoms with Crippen molar-refractivity contribution in [1.29, 1.82) is 5.26 Å². The third kappa shape index (κ3) is 6.29. The summed E-state index contributed by atoms with van der Waals surface area (Å²) in [4.78, 5) is 12.6. The number of hydrogen-bond acceptors (Lipinski definition) is 4. The molecule has 7 heteroatoms. The van der Waals surface area contributed by atoms with Crippen molar-refractivity contribution in [2.45, 2.75) is 20.5 Å². The Morgan fingerprint density at radius 3 is 2.39 bits per heavy atom. The van der Waals surface area contributed by atoms with Gasteiger partial charge in [0.25, 0.3) is 5.91 Å². The molecule has 0 aromatic heterocycles. The summed E-state index contributed by atoms with van der Waals surface area (Å²) in [6.45, 7) is 4.37. The number of para-hydroxylation sites is 1.